The maximum atomic E-state index is 14.4. The van der Waals surface area contributed by atoms with Crippen LogP contribution in [0.3, 0.4) is 0 Å². The first-order valence-electron chi connectivity index (χ1n) is 16.8. The van der Waals surface area contributed by atoms with E-state index in [0.29, 0.717) is 37.7 Å². The number of benzene rings is 1. The van der Waals surface area contributed by atoms with E-state index in [1.165, 1.54) is 31.6 Å². The Morgan fingerprint density at radius 2 is 1.92 bits per heavy atom. The van der Waals surface area contributed by atoms with Crippen LogP contribution >= 0.6 is 0 Å². The molecule has 0 radical (unpaired) electrons. The van der Waals surface area contributed by atoms with Crippen LogP contribution in [0.1, 0.15) is 68.1 Å². The highest BCUT2D eigenvalue weighted by molar-refractivity contribution is 5.97. The fraction of sp³-hybridized carbons (Fsp3) is 0.514. The van der Waals surface area contributed by atoms with Crippen LogP contribution in [0.4, 0.5) is 15.0 Å². The number of piperidine rings is 1. The summed E-state index contributed by atoms with van der Waals surface area (Å²) in [7, 11) is 1.36. The van der Waals surface area contributed by atoms with E-state index < -0.39 is 11.9 Å². The molecule has 1 fully saturated rings. The SMILES string of the molecule is CCC(C)N(CC)C(=O)c1cc(F)ccc1Oc1cncnc1N1CCC(Oc2ccnc3c2CN(CCCNC(=O)OC)CC3)CC1. The van der Waals surface area contributed by atoms with E-state index in [1.807, 2.05) is 33.0 Å². The summed E-state index contributed by atoms with van der Waals surface area (Å²) in [6.45, 7) is 10.8. The van der Waals surface area contributed by atoms with Crippen molar-refractivity contribution in [2.75, 3.05) is 51.3 Å². The molecular formula is C35H46FN7O5. The molecule has 4 heterocycles. The predicted molar refractivity (Wildman–Crippen MR) is 179 cm³/mol. The van der Waals surface area contributed by atoms with Crippen molar-refractivity contribution in [1.29, 1.82) is 0 Å². The molecule has 258 valence electrons. The largest absolute Gasteiger partial charge is 0.490 e. The molecule has 1 unspecified atom stereocenters. The van der Waals surface area contributed by atoms with Gasteiger partial charge in [0.25, 0.3) is 5.91 Å². The zero-order chi connectivity index (χ0) is 34.0. The number of methoxy groups -OCH3 is 1. The van der Waals surface area contributed by atoms with Gasteiger partial charge in [-0.05, 0) is 51.0 Å². The topological polar surface area (TPSA) is 122 Å². The van der Waals surface area contributed by atoms with Gasteiger partial charge in [0.1, 0.15) is 29.7 Å². The van der Waals surface area contributed by atoms with Gasteiger partial charge in [0.2, 0.25) is 0 Å². The number of anilines is 1. The Hall–Kier alpha value is -4.52. The number of aromatic nitrogens is 3. The van der Waals surface area contributed by atoms with Crippen molar-refractivity contribution in [3.05, 3.63) is 65.6 Å². The first-order valence-corrected chi connectivity index (χ1v) is 16.8. The lowest BCUT2D eigenvalue weighted by Gasteiger charge is -2.35. The third-order valence-electron chi connectivity index (χ3n) is 9.06. The van der Waals surface area contributed by atoms with Gasteiger partial charge in [0.15, 0.2) is 11.6 Å². The van der Waals surface area contributed by atoms with Crippen molar-refractivity contribution in [1.82, 2.24) is 30.1 Å². The average molecular weight is 664 g/mol. The monoisotopic (exact) mass is 663 g/mol. The summed E-state index contributed by atoms with van der Waals surface area (Å²) in [4.78, 5) is 44.4. The van der Waals surface area contributed by atoms with Crippen molar-refractivity contribution >= 4 is 17.8 Å². The third kappa shape index (κ3) is 8.49. The van der Waals surface area contributed by atoms with E-state index in [1.54, 1.807) is 11.1 Å². The minimum Gasteiger partial charge on any atom is -0.490 e. The number of nitrogens with zero attached hydrogens (tertiary/aromatic N) is 6. The molecule has 1 aromatic carbocycles. The Bertz CT molecular complexity index is 1550. The van der Waals surface area contributed by atoms with Crippen LogP contribution in [-0.2, 0) is 17.7 Å². The second kappa shape index (κ2) is 16.5. The number of amides is 2. The van der Waals surface area contributed by atoms with Crippen LogP contribution in [0.15, 0.2) is 43.0 Å². The second-order valence-corrected chi connectivity index (χ2v) is 12.1. The van der Waals surface area contributed by atoms with E-state index in [4.69, 9.17) is 9.47 Å². The van der Waals surface area contributed by atoms with Gasteiger partial charge in [0.05, 0.1) is 18.9 Å². The first-order chi connectivity index (χ1) is 23.3. The number of alkyl carbamates (subject to hydrolysis) is 1. The number of pyridine rings is 1. The molecule has 12 nitrogen and oxygen atoms in total. The highest BCUT2D eigenvalue weighted by atomic mass is 19.1. The highest BCUT2D eigenvalue weighted by Crippen LogP contribution is 2.35. The molecule has 0 spiro atoms. The molecule has 0 aliphatic carbocycles. The molecule has 1 atom stereocenters. The van der Waals surface area contributed by atoms with Crippen LogP contribution < -0.4 is 19.7 Å². The first kappa shape index (κ1) is 34.8. The number of hydrogen-bond donors (Lipinski definition) is 1. The summed E-state index contributed by atoms with van der Waals surface area (Å²) in [5.41, 5.74) is 2.36. The number of ether oxygens (including phenoxy) is 3. The zero-order valence-electron chi connectivity index (χ0n) is 28.3. The molecule has 0 saturated carbocycles. The maximum Gasteiger partial charge on any atom is 0.406 e. The Labute approximate surface area is 281 Å². The highest BCUT2D eigenvalue weighted by Gasteiger charge is 2.28. The standard InChI is InChI=1S/C35H46FN7O5/c1-5-24(3)43(6-2)34(44)27-20-25(36)8-9-30(27)48-32-21-37-23-40-33(32)42-18-11-26(12-19-42)47-31-10-15-38-29-13-17-41(22-28(29)31)16-7-14-39-35(45)46-4/h8-10,15,20-21,23-24,26H,5-7,11-14,16-19,22H2,1-4H3,(H,39,45). The van der Waals surface area contributed by atoms with Gasteiger partial charge in [-0.25, -0.2) is 19.2 Å². The predicted octanol–water partition coefficient (Wildman–Crippen LogP) is 5.22. The Kier molecular flexibility index (Phi) is 12.0. The minimum atomic E-state index is -0.506. The lowest BCUT2D eigenvalue weighted by atomic mass is 10.0. The smallest absolute Gasteiger partial charge is 0.406 e. The molecular weight excluding hydrogens is 617 g/mol. The molecule has 13 heteroatoms. The Balaban J connectivity index is 1.22. The molecule has 0 bridgehead atoms. The van der Waals surface area contributed by atoms with E-state index in [0.717, 1.165) is 68.7 Å². The summed E-state index contributed by atoms with van der Waals surface area (Å²) in [6, 6.07) is 5.95. The lowest BCUT2D eigenvalue weighted by Crippen LogP contribution is -2.39. The number of hydrogen-bond acceptors (Lipinski definition) is 10. The van der Waals surface area contributed by atoms with Gasteiger partial charge in [-0.15, -0.1) is 0 Å². The summed E-state index contributed by atoms with van der Waals surface area (Å²) >= 11 is 0. The van der Waals surface area contributed by atoms with Crippen LogP contribution in [0.5, 0.6) is 17.2 Å². The fourth-order valence-corrected chi connectivity index (χ4v) is 6.23. The average Bonchev–Trinajstić information content (AvgIpc) is 3.11. The third-order valence-corrected chi connectivity index (χ3v) is 9.06. The van der Waals surface area contributed by atoms with Crippen LogP contribution in [0, 0.1) is 5.82 Å². The number of carbonyl (C=O) groups excluding carboxylic acids is 2. The summed E-state index contributed by atoms with van der Waals surface area (Å²) in [5, 5.41) is 2.73. The molecule has 1 saturated heterocycles. The minimum absolute atomic E-state index is 0.00353. The van der Waals surface area contributed by atoms with Gasteiger partial charge in [-0.3, -0.25) is 14.7 Å². The van der Waals surface area contributed by atoms with Crippen molar-refractivity contribution in [3.63, 3.8) is 0 Å². The summed E-state index contributed by atoms with van der Waals surface area (Å²) in [6.07, 6.45) is 8.46. The number of halogens is 1. The molecule has 2 amide bonds. The normalized spacial score (nSPS) is 15.7. The maximum absolute atomic E-state index is 14.4. The van der Waals surface area contributed by atoms with Crippen molar-refractivity contribution < 1.29 is 28.2 Å². The molecule has 1 N–H and O–H groups in total. The van der Waals surface area contributed by atoms with Crippen molar-refractivity contribution in [2.24, 2.45) is 0 Å². The number of fused-ring (bicyclic) bond motifs is 1. The molecule has 5 rings (SSSR count). The Morgan fingerprint density at radius 1 is 1.10 bits per heavy atom. The van der Waals surface area contributed by atoms with Crippen molar-refractivity contribution in [2.45, 2.75) is 71.6 Å². The molecule has 2 aromatic heterocycles. The molecule has 48 heavy (non-hydrogen) atoms. The quantitative estimate of drug-likeness (QED) is 0.244. The van der Waals surface area contributed by atoms with Crippen molar-refractivity contribution in [3.8, 4) is 17.2 Å². The fourth-order valence-electron chi connectivity index (χ4n) is 6.23. The second-order valence-electron chi connectivity index (χ2n) is 12.1. The number of carbonyl (C=O) groups is 2. The zero-order valence-corrected chi connectivity index (χ0v) is 28.3. The van der Waals surface area contributed by atoms with E-state index in [9.17, 15) is 14.0 Å². The number of nitrogens with one attached hydrogen (secondary N) is 1. The number of rotatable bonds is 13. The summed E-state index contributed by atoms with van der Waals surface area (Å²) < 4.78 is 31.9. The van der Waals surface area contributed by atoms with Gasteiger partial charge in [-0.2, -0.15) is 0 Å². The van der Waals surface area contributed by atoms with E-state index in [-0.39, 0.29) is 29.4 Å². The van der Waals surface area contributed by atoms with Gasteiger partial charge in [-0.1, -0.05) is 6.92 Å². The van der Waals surface area contributed by atoms with Gasteiger partial charge >= 0.3 is 6.09 Å². The van der Waals surface area contributed by atoms with Crippen LogP contribution in [0.25, 0.3) is 0 Å². The van der Waals surface area contributed by atoms with Gasteiger partial charge < -0.3 is 29.3 Å². The molecule has 3 aromatic rings. The Morgan fingerprint density at radius 3 is 2.67 bits per heavy atom. The summed E-state index contributed by atoms with van der Waals surface area (Å²) in [5.74, 6) is 1.35. The van der Waals surface area contributed by atoms with E-state index >= 15 is 0 Å². The molecule has 2 aliphatic rings. The van der Waals surface area contributed by atoms with E-state index in [2.05, 4.69) is 34.8 Å². The molecule has 2 aliphatic heterocycles. The van der Waals surface area contributed by atoms with Gasteiger partial charge in [0, 0.05) is 88.6 Å². The van der Waals surface area contributed by atoms with Crippen LogP contribution in [-0.4, -0.2) is 95.3 Å². The van der Waals surface area contributed by atoms with Crippen LogP contribution in [0.2, 0.25) is 0 Å². The lowest BCUT2D eigenvalue weighted by molar-refractivity contribution is 0.0696.